The zero-order chi connectivity index (χ0) is 13.2. The third-order valence-corrected chi connectivity index (χ3v) is 3.29. The van der Waals surface area contributed by atoms with E-state index in [9.17, 15) is 9.59 Å². The van der Waals surface area contributed by atoms with Gasteiger partial charge in [-0.15, -0.1) is 0 Å². The molecule has 0 unspecified atom stereocenters. The molecule has 1 saturated carbocycles. The molecular formula is C14H16N2O2. The molecule has 4 heteroatoms. The molecule has 1 aliphatic carbocycles. The molecule has 0 amide bonds. The van der Waals surface area contributed by atoms with Crippen LogP contribution in [0.4, 0.5) is 0 Å². The fourth-order valence-electron chi connectivity index (χ4n) is 2.01. The van der Waals surface area contributed by atoms with Crippen molar-refractivity contribution in [2.24, 2.45) is 0 Å². The maximum atomic E-state index is 11.4. The zero-order valence-corrected chi connectivity index (χ0v) is 10.3. The maximum absolute atomic E-state index is 11.4. The van der Waals surface area contributed by atoms with Crippen LogP contribution in [-0.2, 0) is 5.41 Å². The normalized spacial score (nSPS) is 17.4. The van der Waals surface area contributed by atoms with E-state index in [-0.39, 0.29) is 5.41 Å². The summed E-state index contributed by atoms with van der Waals surface area (Å²) in [4.78, 5) is 22.4. The lowest BCUT2D eigenvalue weighted by atomic mass is 9.92. The Bertz CT molecular complexity index is 628. The number of hydrogen-bond donors (Lipinski definition) is 2. The first-order valence-corrected chi connectivity index (χ1v) is 5.91. The van der Waals surface area contributed by atoms with Crippen LogP contribution in [0.5, 0.6) is 0 Å². The van der Waals surface area contributed by atoms with Gasteiger partial charge in [0.15, 0.2) is 0 Å². The molecule has 0 radical (unpaired) electrons. The van der Waals surface area contributed by atoms with Crippen molar-refractivity contribution in [2.75, 3.05) is 0 Å². The van der Waals surface area contributed by atoms with Gasteiger partial charge in [-0.2, -0.15) is 0 Å². The summed E-state index contributed by atoms with van der Waals surface area (Å²) in [5.74, 6) is 0. The van der Waals surface area contributed by atoms with E-state index in [0.717, 1.165) is 24.1 Å². The number of aromatic amines is 2. The molecule has 1 fully saturated rings. The summed E-state index contributed by atoms with van der Waals surface area (Å²) >= 11 is 0. The SMILES string of the molecule is C=C(C=CC=CC)C1(c2cc(=O)c(=O)[nH][nH]2)CC1. The third kappa shape index (κ3) is 2.14. The summed E-state index contributed by atoms with van der Waals surface area (Å²) in [6, 6.07) is 1.38. The minimum absolute atomic E-state index is 0.207. The number of allylic oxidation sites excluding steroid dienone is 5. The lowest BCUT2D eigenvalue weighted by Gasteiger charge is -2.15. The van der Waals surface area contributed by atoms with Gasteiger partial charge in [0.25, 0.3) is 0 Å². The first-order chi connectivity index (χ1) is 8.60. The highest BCUT2D eigenvalue weighted by Gasteiger charge is 2.47. The Balaban J connectivity index is 2.31. The predicted molar refractivity (Wildman–Crippen MR) is 71.7 cm³/mol. The Morgan fingerprint density at radius 3 is 2.61 bits per heavy atom. The molecule has 0 aromatic carbocycles. The lowest BCUT2D eigenvalue weighted by molar-refractivity contribution is 0.756. The molecule has 94 valence electrons. The fraction of sp³-hybridized carbons (Fsp3) is 0.286. The van der Waals surface area contributed by atoms with E-state index in [1.165, 1.54) is 6.07 Å². The summed E-state index contributed by atoms with van der Waals surface area (Å²) in [6.07, 6.45) is 9.60. The van der Waals surface area contributed by atoms with Crippen LogP contribution >= 0.6 is 0 Å². The lowest BCUT2D eigenvalue weighted by Crippen LogP contribution is -2.30. The fourth-order valence-corrected chi connectivity index (χ4v) is 2.01. The van der Waals surface area contributed by atoms with Crippen LogP contribution in [0.25, 0.3) is 0 Å². The Morgan fingerprint density at radius 1 is 1.33 bits per heavy atom. The standard InChI is InChI=1S/C14H16N2O2/c1-3-4-5-6-10(2)14(7-8-14)12-9-11(17)13(18)16-15-12/h3-6,9H,2,7-8H2,1H3,(H,15,17)(H,16,18). The average molecular weight is 244 g/mol. The second kappa shape index (κ2) is 4.64. The number of nitrogens with one attached hydrogen (secondary N) is 2. The van der Waals surface area contributed by atoms with Crippen LogP contribution in [0, 0.1) is 0 Å². The molecule has 18 heavy (non-hydrogen) atoms. The quantitative estimate of drug-likeness (QED) is 0.626. The van der Waals surface area contributed by atoms with Crippen molar-refractivity contribution in [3.8, 4) is 0 Å². The van der Waals surface area contributed by atoms with Gasteiger partial charge in [-0.05, 0) is 25.3 Å². The third-order valence-electron chi connectivity index (χ3n) is 3.29. The van der Waals surface area contributed by atoms with Crippen molar-refractivity contribution in [1.29, 1.82) is 0 Å². The number of hydrogen-bond acceptors (Lipinski definition) is 2. The van der Waals surface area contributed by atoms with Crippen molar-refractivity contribution in [3.63, 3.8) is 0 Å². The predicted octanol–water partition coefficient (Wildman–Crippen LogP) is 1.78. The molecule has 1 aromatic heterocycles. The van der Waals surface area contributed by atoms with E-state index in [0.29, 0.717) is 0 Å². The highest BCUT2D eigenvalue weighted by atomic mass is 16.2. The van der Waals surface area contributed by atoms with Crippen molar-refractivity contribution in [1.82, 2.24) is 10.2 Å². The topological polar surface area (TPSA) is 65.7 Å². The van der Waals surface area contributed by atoms with E-state index >= 15 is 0 Å². The molecule has 2 N–H and O–H groups in total. The van der Waals surface area contributed by atoms with Gasteiger partial charge in [0, 0.05) is 17.2 Å². The Labute approximate surface area is 105 Å². The van der Waals surface area contributed by atoms with Crippen LogP contribution in [0.2, 0.25) is 0 Å². The van der Waals surface area contributed by atoms with E-state index in [1.807, 2.05) is 31.2 Å². The highest BCUT2D eigenvalue weighted by molar-refractivity contribution is 5.43. The van der Waals surface area contributed by atoms with Gasteiger partial charge >= 0.3 is 5.56 Å². The zero-order valence-electron chi connectivity index (χ0n) is 10.3. The molecule has 1 aromatic rings. The van der Waals surface area contributed by atoms with Crippen LogP contribution in [0.1, 0.15) is 25.5 Å². The van der Waals surface area contributed by atoms with Gasteiger partial charge in [-0.25, -0.2) is 0 Å². The second-order valence-corrected chi connectivity index (χ2v) is 4.49. The minimum atomic E-state index is -0.621. The van der Waals surface area contributed by atoms with E-state index in [4.69, 9.17) is 0 Å². The van der Waals surface area contributed by atoms with Crippen LogP contribution in [0.15, 0.2) is 52.1 Å². The summed E-state index contributed by atoms with van der Waals surface area (Å²) in [5.41, 5.74) is 0.344. The number of aromatic nitrogens is 2. The van der Waals surface area contributed by atoms with Crippen molar-refractivity contribution in [2.45, 2.75) is 25.2 Å². The van der Waals surface area contributed by atoms with Gasteiger partial charge in [0.05, 0.1) is 0 Å². The summed E-state index contributed by atoms with van der Waals surface area (Å²) < 4.78 is 0. The van der Waals surface area contributed by atoms with Crippen molar-refractivity contribution >= 4 is 0 Å². The van der Waals surface area contributed by atoms with E-state index in [1.54, 1.807) is 0 Å². The van der Waals surface area contributed by atoms with Crippen LogP contribution in [-0.4, -0.2) is 10.2 Å². The summed E-state index contributed by atoms with van der Waals surface area (Å²) in [6.45, 7) is 6.00. The van der Waals surface area contributed by atoms with Crippen molar-refractivity contribution in [3.05, 3.63) is 68.8 Å². The number of rotatable bonds is 4. The molecule has 0 spiro atoms. The molecule has 0 atom stereocenters. The largest absolute Gasteiger partial charge is 0.310 e. The Morgan fingerprint density at radius 2 is 2.06 bits per heavy atom. The number of H-pyrrole nitrogens is 2. The first-order valence-electron chi connectivity index (χ1n) is 5.91. The molecule has 2 rings (SSSR count). The Kier molecular flexibility index (Phi) is 3.19. The maximum Gasteiger partial charge on any atom is 0.310 e. The molecule has 0 saturated heterocycles. The van der Waals surface area contributed by atoms with Crippen molar-refractivity contribution < 1.29 is 0 Å². The van der Waals surface area contributed by atoms with Gasteiger partial charge in [-0.3, -0.25) is 14.7 Å². The monoisotopic (exact) mass is 244 g/mol. The first kappa shape index (κ1) is 12.4. The second-order valence-electron chi connectivity index (χ2n) is 4.49. The van der Waals surface area contributed by atoms with Gasteiger partial charge in [0.2, 0.25) is 5.43 Å². The molecular weight excluding hydrogens is 228 g/mol. The van der Waals surface area contributed by atoms with E-state index < -0.39 is 11.0 Å². The van der Waals surface area contributed by atoms with E-state index in [2.05, 4.69) is 16.8 Å². The molecule has 0 aliphatic heterocycles. The highest BCUT2D eigenvalue weighted by Crippen LogP contribution is 2.52. The van der Waals surface area contributed by atoms with Crippen LogP contribution < -0.4 is 11.0 Å². The van der Waals surface area contributed by atoms with Gasteiger partial charge in [0.1, 0.15) is 0 Å². The molecule has 1 heterocycles. The minimum Gasteiger partial charge on any atom is -0.301 e. The summed E-state index contributed by atoms with van der Waals surface area (Å²) in [7, 11) is 0. The van der Waals surface area contributed by atoms with Gasteiger partial charge in [-0.1, -0.05) is 30.9 Å². The summed E-state index contributed by atoms with van der Waals surface area (Å²) in [5, 5.41) is 5.17. The molecule has 4 nitrogen and oxygen atoms in total. The average Bonchev–Trinajstić information content (AvgIpc) is 3.14. The molecule has 1 aliphatic rings. The van der Waals surface area contributed by atoms with Gasteiger partial charge < -0.3 is 5.10 Å². The Hall–Kier alpha value is -2.10. The smallest absolute Gasteiger partial charge is 0.301 e. The molecule has 0 bridgehead atoms. The van der Waals surface area contributed by atoms with Crippen LogP contribution in [0.3, 0.4) is 0 Å².